The Morgan fingerprint density at radius 1 is 1.04 bits per heavy atom. The number of halogens is 1. The molecule has 0 radical (unpaired) electrons. The lowest BCUT2D eigenvalue weighted by Gasteiger charge is -2.36. The second kappa shape index (κ2) is 8.50. The first-order valence-electron chi connectivity index (χ1n) is 9.22. The van der Waals surface area contributed by atoms with E-state index in [-0.39, 0.29) is 4.90 Å². The number of ether oxygens (including phenoxy) is 1. The Bertz CT molecular complexity index is 894. The summed E-state index contributed by atoms with van der Waals surface area (Å²) in [5, 5.41) is 0.414. The SMILES string of the molecule is CCOc1cc(S(=O)(=O)N2CCN(c3ccccc3CC)CC2)ccc1Cl. The molecular formula is C20H25ClN2O3S. The highest BCUT2D eigenvalue weighted by molar-refractivity contribution is 7.89. The van der Waals surface area contributed by atoms with Crippen molar-refractivity contribution >= 4 is 27.3 Å². The van der Waals surface area contributed by atoms with Gasteiger partial charge in [0.2, 0.25) is 10.0 Å². The van der Waals surface area contributed by atoms with Crippen molar-refractivity contribution in [3.63, 3.8) is 0 Å². The lowest BCUT2D eigenvalue weighted by atomic mass is 10.1. The fraction of sp³-hybridized carbons (Fsp3) is 0.400. The molecule has 146 valence electrons. The standard InChI is InChI=1S/C20H25ClN2O3S/c1-3-16-7-5-6-8-19(16)22-11-13-23(14-12-22)27(24,25)17-9-10-18(21)20(15-17)26-4-2/h5-10,15H,3-4,11-14H2,1-2H3. The van der Waals surface area contributed by atoms with Crippen LogP contribution in [-0.2, 0) is 16.4 Å². The van der Waals surface area contributed by atoms with Crippen molar-refractivity contribution in [3.05, 3.63) is 53.1 Å². The summed E-state index contributed by atoms with van der Waals surface area (Å²) in [4.78, 5) is 2.48. The molecule has 7 heteroatoms. The molecule has 27 heavy (non-hydrogen) atoms. The number of piperazine rings is 1. The van der Waals surface area contributed by atoms with Gasteiger partial charge in [-0.05, 0) is 37.1 Å². The number of rotatable bonds is 6. The summed E-state index contributed by atoms with van der Waals surface area (Å²) in [7, 11) is -3.57. The van der Waals surface area contributed by atoms with Crippen molar-refractivity contribution in [2.75, 3.05) is 37.7 Å². The topological polar surface area (TPSA) is 49.9 Å². The molecule has 0 bridgehead atoms. The molecule has 0 saturated carbocycles. The van der Waals surface area contributed by atoms with Crippen molar-refractivity contribution < 1.29 is 13.2 Å². The zero-order chi connectivity index (χ0) is 19.4. The van der Waals surface area contributed by atoms with E-state index in [9.17, 15) is 8.42 Å². The van der Waals surface area contributed by atoms with Crippen LogP contribution in [0.5, 0.6) is 5.75 Å². The molecule has 1 saturated heterocycles. The van der Waals surface area contributed by atoms with Crippen LogP contribution < -0.4 is 9.64 Å². The average Bonchev–Trinajstić information content (AvgIpc) is 2.69. The number of anilines is 1. The minimum atomic E-state index is -3.57. The van der Waals surface area contributed by atoms with E-state index < -0.39 is 10.0 Å². The highest BCUT2D eigenvalue weighted by atomic mass is 35.5. The smallest absolute Gasteiger partial charge is 0.243 e. The fourth-order valence-corrected chi connectivity index (χ4v) is 4.96. The normalized spacial score (nSPS) is 15.7. The predicted molar refractivity (Wildman–Crippen MR) is 109 cm³/mol. The molecule has 0 amide bonds. The predicted octanol–water partition coefficient (Wildman–Crippen LogP) is 3.81. The Hall–Kier alpha value is -1.76. The van der Waals surface area contributed by atoms with E-state index in [1.165, 1.54) is 21.6 Å². The minimum absolute atomic E-state index is 0.220. The summed E-state index contributed by atoms with van der Waals surface area (Å²) in [6, 6.07) is 12.9. The monoisotopic (exact) mass is 408 g/mol. The molecule has 0 spiro atoms. The van der Waals surface area contributed by atoms with Crippen LogP contribution in [0.1, 0.15) is 19.4 Å². The van der Waals surface area contributed by atoms with Gasteiger partial charge in [-0.15, -0.1) is 0 Å². The Morgan fingerprint density at radius 2 is 1.74 bits per heavy atom. The van der Waals surface area contributed by atoms with Gasteiger partial charge >= 0.3 is 0 Å². The number of nitrogens with zero attached hydrogens (tertiary/aromatic N) is 2. The van der Waals surface area contributed by atoms with E-state index in [1.807, 2.05) is 19.1 Å². The number of hydrogen-bond acceptors (Lipinski definition) is 4. The number of para-hydroxylation sites is 1. The van der Waals surface area contributed by atoms with Gasteiger partial charge < -0.3 is 9.64 Å². The zero-order valence-corrected chi connectivity index (χ0v) is 17.3. The molecule has 5 nitrogen and oxygen atoms in total. The Balaban J connectivity index is 1.76. The highest BCUT2D eigenvalue weighted by Gasteiger charge is 2.29. The van der Waals surface area contributed by atoms with Crippen molar-refractivity contribution in [1.29, 1.82) is 0 Å². The maximum absolute atomic E-state index is 13.0. The molecule has 1 fully saturated rings. The number of hydrogen-bond donors (Lipinski definition) is 0. The highest BCUT2D eigenvalue weighted by Crippen LogP contribution is 2.30. The Morgan fingerprint density at radius 3 is 2.41 bits per heavy atom. The van der Waals surface area contributed by atoms with Crippen LogP contribution in [0.15, 0.2) is 47.4 Å². The van der Waals surface area contributed by atoms with Gasteiger partial charge in [-0.25, -0.2) is 8.42 Å². The van der Waals surface area contributed by atoms with Crippen molar-refractivity contribution in [3.8, 4) is 5.75 Å². The molecule has 2 aromatic rings. The maximum atomic E-state index is 13.0. The average molecular weight is 409 g/mol. The first-order valence-corrected chi connectivity index (χ1v) is 11.0. The van der Waals surface area contributed by atoms with Crippen LogP contribution in [0.4, 0.5) is 5.69 Å². The first kappa shape index (κ1) is 20.0. The molecule has 1 aliphatic rings. The summed E-state index contributed by atoms with van der Waals surface area (Å²) in [6.45, 7) is 6.64. The van der Waals surface area contributed by atoms with Crippen LogP contribution in [0, 0.1) is 0 Å². The van der Waals surface area contributed by atoms with Crippen molar-refractivity contribution in [1.82, 2.24) is 4.31 Å². The van der Waals surface area contributed by atoms with Crippen LogP contribution in [0.3, 0.4) is 0 Å². The third-order valence-corrected chi connectivity index (χ3v) is 7.00. The van der Waals surface area contributed by atoms with Crippen molar-refractivity contribution in [2.24, 2.45) is 0 Å². The molecule has 3 rings (SSSR count). The molecular weight excluding hydrogens is 384 g/mol. The lowest BCUT2D eigenvalue weighted by Crippen LogP contribution is -2.48. The minimum Gasteiger partial charge on any atom is -0.492 e. The third-order valence-electron chi connectivity index (χ3n) is 4.79. The second-order valence-electron chi connectivity index (χ2n) is 6.40. The number of sulfonamides is 1. The van der Waals surface area contributed by atoms with E-state index in [2.05, 4.69) is 24.0 Å². The summed E-state index contributed by atoms with van der Waals surface area (Å²) >= 11 is 6.09. The van der Waals surface area contributed by atoms with Crippen molar-refractivity contribution in [2.45, 2.75) is 25.2 Å². The summed E-state index contributed by atoms with van der Waals surface area (Å²) < 4.78 is 33.0. The largest absolute Gasteiger partial charge is 0.492 e. The molecule has 0 atom stereocenters. The molecule has 1 heterocycles. The summed E-state index contributed by atoms with van der Waals surface area (Å²) in [5.41, 5.74) is 2.48. The van der Waals surface area contributed by atoms with E-state index in [0.717, 1.165) is 6.42 Å². The molecule has 0 unspecified atom stereocenters. The van der Waals surface area contributed by atoms with Crippen LogP contribution in [-0.4, -0.2) is 45.5 Å². The van der Waals surface area contributed by atoms with Gasteiger partial charge in [0.05, 0.1) is 16.5 Å². The van der Waals surface area contributed by atoms with Gasteiger partial charge in [0, 0.05) is 37.9 Å². The van der Waals surface area contributed by atoms with Gasteiger partial charge in [-0.2, -0.15) is 4.31 Å². The Labute approximate surface area is 166 Å². The van der Waals surface area contributed by atoms with Gasteiger partial charge in [0.25, 0.3) is 0 Å². The molecule has 1 aliphatic heterocycles. The maximum Gasteiger partial charge on any atom is 0.243 e. The van der Waals surface area contributed by atoms with E-state index in [4.69, 9.17) is 16.3 Å². The third kappa shape index (κ3) is 4.23. The van der Waals surface area contributed by atoms with Gasteiger partial charge in [0.15, 0.2) is 0 Å². The Kier molecular flexibility index (Phi) is 6.29. The van der Waals surface area contributed by atoms with Gasteiger partial charge in [0.1, 0.15) is 5.75 Å². The van der Waals surface area contributed by atoms with Gasteiger partial charge in [-0.3, -0.25) is 0 Å². The van der Waals surface area contributed by atoms with Gasteiger partial charge in [-0.1, -0.05) is 36.7 Å². The summed E-state index contributed by atoms with van der Waals surface area (Å²) in [6.07, 6.45) is 0.958. The second-order valence-corrected chi connectivity index (χ2v) is 8.74. The van der Waals surface area contributed by atoms with E-state index in [0.29, 0.717) is 43.6 Å². The quantitative estimate of drug-likeness (QED) is 0.729. The summed E-state index contributed by atoms with van der Waals surface area (Å²) in [5.74, 6) is 0.399. The van der Waals surface area contributed by atoms with E-state index >= 15 is 0 Å². The molecule has 2 aromatic carbocycles. The molecule has 0 aliphatic carbocycles. The van der Waals surface area contributed by atoms with Crippen LogP contribution >= 0.6 is 11.6 Å². The number of benzene rings is 2. The lowest BCUT2D eigenvalue weighted by molar-refractivity contribution is 0.339. The number of aryl methyl sites for hydroxylation is 1. The molecule has 0 aromatic heterocycles. The first-order chi connectivity index (χ1) is 13.0. The van der Waals surface area contributed by atoms with E-state index in [1.54, 1.807) is 12.1 Å². The van der Waals surface area contributed by atoms with Crippen LogP contribution in [0.25, 0.3) is 0 Å². The zero-order valence-electron chi connectivity index (χ0n) is 15.7. The fourth-order valence-electron chi connectivity index (χ4n) is 3.35. The molecule has 0 N–H and O–H groups in total. The van der Waals surface area contributed by atoms with Crippen LogP contribution in [0.2, 0.25) is 5.02 Å².